The first-order valence-electron chi connectivity index (χ1n) is 5.02. The third-order valence-corrected chi connectivity index (χ3v) is 2.72. The Labute approximate surface area is 84.5 Å². The topological polar surface area (TPSA) is 30.3 Å². The van der Waals surface area contributed by atoms with Crippen molar-refractivity contribution >= 4 is 0 Å². The maximum atomic E-state index is 5.06. The predicted octanol–water partition coefficient (Wildman–Crippen LogP) is 0.517. The first-order valence-corrected chi connectivity index (χ1v) is 5.02. The summed E-state index contributed by atoms with van der Waals surface area (Å²) >= 11 is 0. The molecule has 0 amide bonds. The standard InChI is InChI=1S/C10H17N3O/c1-12-4-3-9-7-11-13(5-6-14-2)10(9)8-12/h7H,3-6,8H2,1-2H3. The highest BCUT2D eigenvalue weighted by molar-refractivity contribution is 5.20. The first kappa shape index (κ1) is 9.68. The van der Waals surface area contributed by atoms with Crippen LogP contribution in [0.3, 0.4) is 0 Å². The molecule has 1 aliphatic heterocycles. The second-order valence-corrected chi connectivity index (χ2v) is 3.82. The van der Waals surface area contributed by atoms with E-state index in [0.29, 0.717) is 0 Å². The van der Waals surface area contributed by atoms with Gasteiger partial charge in [0.15, 0.2) is 0 Å². The highest BCUT2D eigenvalue weighted by Gasteiger charge is 2.17. The largest absolute Gasteiger partial charge is 0.383 e. The van der Waals surface area contributed by atoms with Crippen LogP contribution in [0.1, 0.15) is 11.3 Å². The molecule has 1 aliphatic rings. The lowest BCUT2D eigenvalue weighted by atomic mass is 10.1. The van der Waals surface area contributed by atoms with E-state index in [0.717, 1.165) is 32.7 Å². The highest BCUT2D eigenvalue weighted by atomic mass is 16.5. The quantitative estimate of drug-likeness (QED) is 0.704. The molecule has 0 atom stereocenters. The van der Waals surface area contributed by atoms with Crippen molar-refractivity contribution < 1.29 is 4.74 Å². The van der Waals surface area contributed by atoms with E-state index in [1.165, 1.54) is 11.3 Å². The minimum Gasteiger partial charge on any atom is -0.383 e. The number of ether oxygens (including phenoxy) is 1. The van der Waals surface area contributed by atoms with Crippen LogP contribution in [0.5, 0.6) is 0 Å². The lowest BCUT2D eigenvalue weighted by molar-refractivity contribution is 0.180. The number of fused-ring (bicyclic) bond motifs is 1. The van der Waals surface area contributed by atoms with Gasteiger partial charge in [0.1, 0.15) is 0 Å². The minimum absolute atomic E-state index is 0.734. The fourth-order valence-electron chi connectivity index (χ4n) is 1.86. The Morgan fingerprint density at radius 3 is 3.21 bits per heavy atom. The molecule has 78 valence electrons. The zero-order valence-corrected chi connectivity index (χ0v) is 8.86. The molecule has 0 saturated heterocycles. The van der Waals surface area contributed by atoms with Gasteiger partial charge in [-0.3, -0.25) is 4.68 Å². The van der Waals surface area contributed by atoms with Gasteiger partial charge in [0.2, 0.25) is 0 Å². The number of rotatable bonds is 3. The van der Waals surface area contributed by atoms with E-state index in [2.05, 4.69) is 21.7 Å². The maximum Gasteiger partial charge on any atom is 0.0659 e. The van der Waals surface area contributed by atoms with E-state index in [4.69, 9.17) is 4.74 Å². The van der Waals surface area contributed by atoms with Crippen molar-refractivity contribution in [3.05, 3.63) is 17.5 Å². The molecule has 4 nitrogen and oxygen atoms in total. The molecular weight excluding hydrogens is 178 g/mol. The fraction of sp³-hybridized carbons (Fsp3) is 0.700. The van der Waals surface area contributed by atoms with E-state index >= 15 is 0 Å². The first-order chi connectivity index (χ1) is 6.81. The van der Waals surface area contributed by atoms with Crippen molar-refractivity contribution in [2.75, 3.05) is 27.3 Å². The Balaban J connectivity index is 2.13. The molecule has 0 radical (unpaired) electrons. The number of aromatic nitrogens is 2. The van der Waals surface area contributed by atoms with Gasteiger partial charge in [-0.15, -0.1) is 0 Å². The zero-order chi connectivity index (χ0) is 9.97. The molecule has 2 heterocycles. The summed E-state index contributed by atoms with van der Waals surface area (Å²) in [6, 6.07) is 0. The molecule has 0 bridgehead atoms. The van der Waals surface area contributed by atoms with Gasteiger partial charge in [0.05, 0.1) is 25.0 Å². The second-order valence-electron chi connectivity index (χ2n) is 3.82. The molecule has 0 saturated carbocycles. The predicted molar refractivity (Wildman–Crippen MR) is 54.1 cm³/mol. The van der Waals surface area contributed by atoms with Crippen molar-refractivity contribution in [1.29, 1.82) is 0 Å². The second kappa shape index (κ2) is 4.11. The molecule has 0 spiro atoms. The number of nitrogens with zero attached hydrogens (tertiary/aromatic N) is 3. The summed E-state index contributed by atoms with van der Waals surface area (Å²) < 4.78 is 7.12. The van der Waals surface area contributed by atoms with E-state index < -0.39 is 0 Å². The molecule has 0 unspecified atom stereocenters. The van der Waals surface area contributed by atoms with Gasteiger partial charge in [-0.25, -0.2) is 0 Å². The summed E-state index contributed by atoms with van der Waals surface area (Å²) in [5.74, 6) is 0. The molecule has 0 fully saturated rings. The van der Waals surface area contributed by atoms with E-state index in [1.54, 1.807) is 7.11 Å². The van der Waals surface area contributed by atoms with E-state index in [-0.39, 0.29) is 0 Å². The average Bonchev–Trinajstić information content (AvgIpc) is 2.57. The van der Waals surface area contributed by atoms with Crippen LogP contribution < -0.4 is 0 Å². The summed E-state index contributed by atoms with van der Waals surface area (Å²) in [6.07, 6.45) is 3.12. The van der Waals surface area contributed by atoms with Gasteiger partial charge in [-0.05, 0) is 19.0 Å². The minimum atomic E-state index is 0.734. The molecule has 0 aliphatic carbocycles. The van der Waals surface area contributed by atoms with Crippen molar-refractivity contribution in [3.63, 3.8) is 0 Å². The van der Waals surface area contributed by atoms with Crippen LogP contribution in [0, 0.1) is 0 Å². The van der Waals surface area contributed by atoms with Crippen LogP contribution in [-0.2, 0) is 24.2 Å². The Morgan fingerprint density at radius 1 is 1.57 bits per heavy atom. The number of hydrogen-bond donors (Lipinski definition) is 0. The van der Waals surface area contributed by atoms with Crippen molar-refractivity contribution in [2.24, 2.45) is 0 Å². The van der Waals surface area contributed by atoms with E-state index in [9.17, 15) is 0 Å². The van der Waals surface area contributed by atoms with Crippen LogP contribution in [-0.4, -0.2) is 42.0 Å². The molecule has 1 aromatic rings. The molecule has 14 heavy (non-hydrogen) atoms. The Hall–Kier alpha value is -0.870. The smallest absolute Gasteiger partial charge is 0.0659 e. The van der Waals surface area contributed by atoms with Crippen LogP contribution in [0.4, 0.5) is 0 Å². The van der Waals surface area contributed by atoms with Crippen LogP contribution >= 0.6 is 0 Å². The Kier molecular flexibility index (Phi) is 2.84. The number of methoxy groups -OCH3 is 1. The van der Waals surface area contributed by atoms with Crippen LogP contribution in [0.15, 0.2) is 6.20 Å². The van der Waals surface area contributed by atoms with Gasteiger partial charge >= 0.3 is 0 Å². The Morgan fingerprint density at radius 2 is 2.43 bits per heavy atom. The number of likely N-dealkylation sites (N-methyl/N-ethyl adjacent to an activating group) is 1. The third kappa shape index (κ3) is 1.81. The summed E-state index contributed by atoms with van der Waals surface area (Å²) in [5, 5.41) is 4.38. The van der Waals surface area contributed by atoms with Gasteiger partial charge < -0.3 is 9.64 Å². The summed E-state index contributed by atoms with van der Waals surface area (Å²) in [7, 11) is 3.87. The molecular formula is C10H17N3O. The highest BCUT2D eigenvalue weighted by Crippen LogP contribution is 2.16. The van der Waals surface area contributed by atoms with Gasteiger partial charge in [-0.2, -0.15) is 5.10 Å². The van der Waals surface area contributed by atoms with Crippen molar-refractivity contribution in [2.45, 2.75) is 19.5 Å². The third-order valence-electron chi connectivity index (χ3n) is 2.72. The lowest BCUT2D eigenvalue weighted by Crippen LogP contribution is -2.28. The van der Waals surface area contributed by atoms with Gasteiger partial charge in [0.25, 0.3) is 0 Å². The summed E-state index contributed by atoms with van der Waals surface area (Å²) in [6.45, 7) is 3.75. The molecule has 1 aromatic heterocycles. The molecule has 0 N–H and O–H groups in total. The maximum absolute atomic E-state index is 5.06. The molecule has 2 rings (SSSR count). The normalized spacial score (nSPS) is 17.0. The zero-order valence-electron chi connectivity index (χ0n) is 8.86. The molecule has 4 heteroatoms. The van der Waals surface area contributed by atoms with Gasteiger partial charge in [0, 0.05) is 20.2 Å². The van der Waals surface area contributed by atoms with Crippen LogP contribution in [0.25, 0.3) is 0 Å². The molecule has 0 aromatic carbocycles. The summed E-state index contributed by atoms with van der Waals surface area (Å²) in [5.41, 5.74) is 2.76. The number of hydrogen-bond acceptors (Lipinski definition) is 3. The lowest BCUT2D eigenvalue weighted by Gasteiger charge is -2.23. The Bertz CT molecular complexity index is 308. The fourth-order valence-corrected chi connectivity index (χ4v) is 1.86. The average molecular weight is 195 g/mol. The SMILES string of the molecule is COCCn1ncc2c1CN(C)CC2. The van der Waals surface area contributed by atoms with Gasteiger partial charge in [-0.1, -0.05) is 0 Å². The summed E-state index contributed by atoms with van der Waals surface area (Å²) in [4.78, 5) is 2.33. The van der Waals surface area contributed by atoms with Crippen molar-refractivity contribution in [3.8, 4) is 0 Å². The van der Waals surface area contributed by atoms with Crippen LogP contribution in [0.2, 0.25) is 0 Å². The van der Waals surface area contributed by atoms with Crippen molar-refractivity contribution in [1.82, 2.24) is 14.7 Å². The van der Waals surface area contributed by atoms with E-state index in [1.807, 2.05) is 6.20 Å². The monoisotopic (exact) mass is 195 g/mol.